The minimum atomic E-state index is -0.227. The molecule has 0 bridgehead atoms. The van der Waals surface area contributed by atoms with Crippen LogP contribution in [0.5, 0.6) is 0 Å². The number of amides is 1. The second kappa shape index (κ2) is 6.32. The highest BCUT2D eigenvalue weighted by atomic mass is 16.5. The molecule has 1 saturated heterocycles. The van der Waals surface area contributed by atoms with Crippen LogP contribution in [-0.2, 0) is 16.1 Å². The predicted octanol–water partition coefficient (Wildman–Crippen LogP) is 0.586. The highest BCUT2D eigenvalue weighted by Crippen LogP contribution is 2.39. The van der Waals surface area contributed by atoms with Gasteiger partial charge in [-0.15, -0.1) is 0 Å². The summed E-state index contributed by atoms with van der Waals surface area (Å²) in [4.78, 5) is 27.7. The van der Waals surface area contributed by atoms with Crippen molar-refractivity contribution in [1.82, 2.24) is 19.5 Å². The lowest BCUT2D eigenvalue weighted by Crippen LogP contribution is -2.38. The van der Waals surface area contributed by atoms with Gasteiger partial charge < -0.3 is 25.3 Å². The van der Waals surface area contributed by atoms with Gasteiger partial charge in [0.05, 0.1) is 25.2 Å². The van der Waals surface area contributed by atoms with Gasteiger partial charge in [0.1, 0.15) is 11.6 Å². The van der Waals surface area contributed by atoms with Gasteiger partial charge in [-0.25, -0.2) is 4.98 Å². The summed E-state index contributed by atoms with van der Waals surface area (Å²) >= 11 is 0. The Morgan fingerprint density at radius 3 is 2.88 bits per heavy atom. The van der Waals surface area contributed by atoms with E-state index < -0.39 is 0 Å². The molecule has 9 nitrogen and oxygen atoms in total. The number of aromatic nitrogens is 4. The molecule has 0 aliphatic carbocycles. The van der Waals surface area contributed by atoms with Gasteiger partial charge in [-0.05, 0) is 6.92 Å². The van der Waals surface area contributed by atoms with Crippen molar-refractivity contribution < 1.29 is 9.53 Å². The number of carbonyl (C=O) groups excluding carboxylic acids is 1. The number of nitrogens with two attached hydrogens (primary N) is 1. The number of nitrogens with one attached hydrogen (secondary N) is 1. The van der Waals surface area contributed by atoms with Crippen molar-refractivity contribution >= 4 is 23.5 Å². The molecule has 1 fully saturated rings. The number of hydrogen-bond acceptors (Lipinski definition) is 7. The fraction of sp³-hybridized carbons (Fsp3) is 0.500. The number of morpholine rings is 1. The molecule has 0 radical (unpaired) electrons. The van der Waals surface area contributed by atoms with Crippen molar-refractivity contribution in [2.75, 3.05) is 42.3 Å². The summed E-state index contributed by atoms with van der Waals surface area (Å²) in [5, 5.41) is 2.84. The third kappa shape index (κ3) is 2.91. The van der Waals surface area contributed by atoms with Crippen LogP contribution in [0.1, 0.15) is 30.5 Å². The molecule has 2 aromatic rings. The van der Waals surface area contributed by atoms with Crippen LogP contribution in [0.4, 0.5) is 17.6 Å². The van der Waals surface area contributed by atoms with Gasteiger partial charge in [-0.2, -0.15) is 9.97 Å². The van der Waals surface area contributed by atoms with E-state index in [1.807, 2.05) is 22.6 Å². The lowest BCUT2D eigenvalue weighted by Gasteiger charge is -2.30. The molecule has 1 unspecified atom stereocenters. The van der Waals surface area contributed by atoms with Crippen molar-refractivity contribution in [3.8, 4) is 0 Å². The van der Waals surface area contributed by atoms with E-state index in [9.17, 15) is 4.79 Å². The van der Waals surface area contributed by atoms with E-state index >= 15 is 0 Å². The van der Waals surface area contributed by atoms with Crippen LogP contribution in [0.3, 0.4) is 0 Å². The van der Waals surface area contributed by atoms with Gasteiger partial charge in [0.15, 0.2) is 0 Å². The summed E-state index contributed by atoms with van der Waals surface area (Å²) in [5.74, 6) is 1.09. The lowest BCUT2D eigenvalue weighted by atomic mass is 9.90. The third-order valence-corrected chi connectivity index (χ3v) is 4.63. The average molecular weight is 343 g/mol. The Morgan fingerprint density at radius 1 is 1.36 bits per heavy atom. The van der Waals surface area contributed by atoms with E-state index in [1.165, 1.54) is 0 Å². The summed E-state index contributed by atoms with van der Waals surface area (Å²) in [6, 6.07) is 0. The van der Waals surface area contributed by atoms with Crippen molar-refractivity contribution in [1.29, 1.82) is 0 Å². The quantitative estimate of drug-likeness (QED) is 0.839. The van der Waals surface area contributed by atoms with Crippen molar-refractivity contribution in [2.45, 2.75) is 25.8 Å². The molecule has 0 saturated carbocycles. The topological polar surface area (TPSA) is 111 Å². The number of hydrogen-bond donors (Lipinski definition) is 2. The largest absolute Gasteiger partial charge is 0.383 e. The normalized spacial score (nSPS) is 20.3. The number of imidazole rings is 1. The van der Waals surface area contributed by atoms with Crippen LogP contribution < -0.4 is 16.0 Å². The predicted molar refractivity (Wildman–Crippen MR) is 92.5 cm³/mol. The molecular weight excluding hydrogens is 322 g/mol. The van der Waals surface area contributed by atoms with E-state index in [0.717, 1.165) is 17.8 Å². The van der Waals surface area contributed by atoms with Gasteiger partial charge in [0, 0.05) is 43.7 Å². The first-order valence-corrected chi connectivity index (χ1v) is 8.47. The summed E-state index contributed by atoms with van der Waals surface area (Å²) < 4.78 is 7.33. The van der Waals surface area contributed by atoms with E-state index in [2.05, 4.69) is 20.3 Å². The fourth-order valence-corrected chi connectivity index (χ4v) is 3.27. The molecule has 1 amide bonds. The Hall–Kier alpha value is -2.68. The van der Waals surface area contributed by atoms with Crippen LogP contribution in [0.15, 0.2) is 12.5 Å². The van der Waals surface area contributed by atoms with Crippen LogP contribution in [0.2, 0.25) is 0 Å². The van der Waals surface area contributed by atoms with Gasteiger partial charge >= 0.3 is 0 Å². The summed E-state index contributed by atoms with van der Waals surface area (Å²) in [6.45, 7) is 5.53. The molecule has 2 aliphatic heterocycles. The van der Waals surface area contributed by atoms with Crippen LogP contribution in [-0.4, -0.2) is 51.7 Å². The fourth-order valence-electron chi connectivity index (χ4n) is 3.27. The third-order valence-electron chi connectivity index (χ3n) is 4.63. The van der Waals surface area contributed by atoms with Gasteiger partial charge in [-0.1, -0.05) is 0 Å². The Balaban J connectivity index is 1.74. The molecular formula is C16H21N7O2. The molecule has 25 heavy (non-hydrogen) atoms. The Labute approximate surface area is 145 Å². The molecule has 3 N–H and O–H groups in total. The first kappa shape index (κ1) is 15.8. The standard InChI is InChI=1S/C16H21N7O2/c1-2-22-8-11(18-9-22)10-7-12(24)19-15-13(10)14(17)20-16(21-15)23-3-5-25-6-4-23/h8-10H,2-7H2,1H3,(H3,17,19,20,21,24). The molecule has 2 aromatic heterocycles. The molecule has 4 heterocycles. The molecule has 4 rings (SSSR count). The Bertz CT molecular complexity index is 798. The maximum atomic E-state index is 12.2. The monoisotopic (exact) mass is 343 g/mol. The van der Waals surface area contributed by atoms with Crippen molar-refractivity contribution in [3.05, 3.63) is 23.8 Å². The zero-order chi connectivity index (χ0) is 17.4. The Morgan fingerprint density at radius 2 is 2.16 bits per heavy atom. The van der Waals surface area contributed by atoms with Crippen LogP contribution in [0.25, 0.3) is 0 Å². The van der Waals surface area contributed by atoms with Crippen molar-refractivity contribution in [2.24, 2.45) is 0 Å². The summed E-state index contributed by atoms with van der Waals surface area (Å²) in [6.07, 6.45) is 4.00. The number of rotatable bonds is 3. The van der Waals surface area contributed by atoms with Crippen LogP contribution >= 0.6 is 0 Å². The molecule has 132 valence electrons. The van der Waals surface area contributed by atoms with E-state index in [1.54, 1.807) is 6.33 Å². The maximum Gasteiger partial charge on any atom is 0.229 e. The summed E-state index contributed by atoms with van der Waals surface area (Å²) in [5.41, 5.74) is 7.83. The van der Waals surface area contributed by atoms with Crippen LogP contribution in [0, 0.1) is 0 Å². The minimum Gasteiger partial charge on any atom is -0.383 e. The molecule has 9 heteroatoms. The van der Waals surface area contributed by atoms with E-state index in [0.29, 0.717) is 43.9 Å². The SMILES string of the molecule is CCn1cnc(C2CC(=O)Nc3nc(N4CCOCC4)nc(N)c32)c1. The zero-order valence-corrected chi connectivity index (χ0v) is 14.1. The van der Waals surface area contributed by atoms with Gasteiger partial charge in [-0.3, -0.25) is 4.79 Å². The highest BCUT2D eigenvalue weighted by molar-refractivity contribution is 5.95. The highest BCUT2D eigenvalue weighted by Gasteiger charge is 2.33. The number of ether oxygens (including phenoxy) is 1. The van der Waals surface area contributed by atoms with E-state index in [4.69, 9.17) is 10.5 Å². The van der Waals surface area contributed by atoms with Gasteiger partial charge in [0.25, 0.3) is 0 Å². The molecule has 0 aromatic carbocycles. The number of carbonyl (C=O) groups is 1. The second-order valence-corrected chi connectivity index (χ2v) is 6.20. The number of fused-ring (bicyclic) bond motifs is 1. The number of anilines is 3. The number of nitrogens with zero attached hydrogens (tertiary/aromatic N) is 5. The van der Waals surface area contributed by atoms with Gasteiger partial charge in [0.2, 0.25) is 11.9 Å². The lowest BCUT2D eigenvalue weighted by molar-refractivity contribution is -0.116. The maximum absolute atomic E-state index is 12.2. The molecule has 0 spiro atoms. The molecule has 2 aliphatic rings. The van der Waals surface area contributed by atoms with E-state index in [-0.39, 0.29) is 18.2 Å². The second-order valence-electron chi connectivity index (χ2n) is 6.20. The smallest absolute Gasteiger partial charge is 0.229 e. The zero-order valence-electron chi connectivity index (χ0n) is 14.1. The summed E-state index contributed by atoms with van der Waals surface area (Å²) in [7, 11) is 0. The molecule has 1 atom stereocenters. The number of aryl methyl sites for hydroxylation is 1. The average Bonchev–Trinajstić information content (AvgIpc) is 3.10. The first-order chi connectivity index (χ1) is 12.2. The number of nitrogen functional groups attached to an aromatic ring is 1. The van der Waals surface area contributed by atoms with Crippen molar-refractivity contribution in [3.63, 3.8) is 0 Å². The minimum absolute atomic E-state index is 0.0884. The Kier molecular flexibility index (Phi) is 4.00. The first-order valence-electron chi connectivity index (χ1n) is 8.47.